The van der Waals surface area contributed by atoms with Crippen LogP contribution in [0.5, 0.6) is 0 Å². The Bertz CT molecular complexity index is 1130. The predicted octanol–water partition coefficient (Wildman–Crippen LogP) is 3.04. The Morgan fingerprint density at radius 3 is 2.74 bits per heavy atom. The number of allylic oxidation sites excluding steroid dienone is 3. The van der Waals surface area contributed by atoms with E-state index in [2.05, 4.69) is 10.3 Å². The zero-order valence-corrected chi connectivity index (χ0v) is 17.3. The maximum atomic E-state index is 13.2. The smallest absolute Gasteiger partial charge is 0.342 e. The summed E-state index contributed by atoms with van der Waals surface area (Å²) in [6, 6.07) is 9.26. The summed E-state index contributed by atoms with van der Waals surface area (Å²) in [5.41, 5.74) is 2.81. The first-order chi connectivity index (χ1) is 14.9. The Balaban J connectivity index is 1.76. The number of esters is 1. The molecule has 2 heterocycles. The maximum absolute atomic E-state index is 13.2. The second-order valence-electron chi connectivity index (χ2n) is 7.62. The molecule has 9 nitrogen and oxygen atoms in total. The molecule has 1 unspecified atom stereocenters. The van der Waals surface area contributed by atoms with Crippen LogP contribution in [0.3, 0.4) is 0 Å². The number of ketones is 1. The van der Waals surface area contributed by atoms with E-state index in [1.165, 1.54) is 11.6 Å². The van der Waals surface area contributed by atoms with Crippen LogP contribution in [0.4, 0.5) is 5.82 Å². The minimum absolute atomic E-state index is 0.0732. The highest BCUT2D eigenvalue weighted by atomic mass is 16.6. The van der Waals surface area contributed by atoms with E-state index in [0.29, 0.717) is 30.5 Å². The fourth-order valence-electron chi connectivity index (χ4n) is 4.17. The van der Waals surface area contributed by atoms with Crippen molar-refractivity contribution in [2.24, 2.45) is 7.05 Å². The van der Waals surface area contributed by atoms with E-state index in [4.69, 9.17) is 4.74 Å². The number of carbonyl (C=O) groups is 2. The van der Waals surface area contributed by atoms with Gasteiger partial charge in [0, 0.05) is 23.4 Å². The third-order valence-electron chi connectivity index (χ3n) is 5.65. The molecule has 4 rings (SSSR count). The van der Waals surface area contributed by atoms with Crippen molar-refractivity contribution in [2.45, 2.75) is 38.7 Å². The van der Waals surface area contributed by atoms with Crippen molar-refractivity contribution in [1.82, 2.24) is 14.9 Å². The van der Waals surface area contributed by atoms with E-state index in [1.807, 2.05) is 30.3 Å². The van der Waals surface area contributed by atoms with Crippen LogP contribution < -0.4 is 5.32 Å². The van der Waals surface area contributed by atoms with Gasteiger partial charge in [-0.05, 0) is 30.3 Å². The van der Waals surface area contributed by atoms with Gasteiger partial charge in [-0.3, -0.25) is 4.79 Å². The molecule has 0 spiro atoms. The van der Waals surface area contributed by atoms with Crippen molar-refractivity contribution in [3.05, 3.63) is 80.6 Å². The van der Waals surface area contributed by atoms with Crippen molar-refractivity contribution in [3.63, 3.8) is 0 Å². The molecule has 0 fully saturated rings. The Labute approximate surface area is 178 Å². The van der Waals surface area contributed by atoms with E-state index in [-0.39, 0.29) is 29.6 Å². The Hall–Kier alpha value is -3.75. The zero-order valence-electron chi connectivity index (χ0n) is 17.3. The lowest BCUT2D eigenvalue weighted by Crippen LogP contribution is -2.35. The predicted molar refractivity (Wildman–Crippen MR) is 111 cm³/mol. The van der Waals surface area contributed by atoms with Gasteiger partial charge in [0.05, 0.1) is 12.6 Å². The molecule has 31 heavy (non-hydrogen) atoms. The van der Waals surface area contributed by atoms with E-state index in [1.54, 1.807) is 6.92 Å². The molecule has 1 aromatic carbocycles. The highest BCUT2D eigenvalue weighted by Gasteiger charge is 2.43. The van der Waals surface area contributed by atoms with E-state index < -0.39 is 16.8 Å². The number of Topliss-reactive ketones (excluding diaryl/α,β-unsaturated/α-hetero) is 1. The van der Waals surface area contributed by atoms with Crippen molar-refractivity contribution >= 4 is 17.6 Å². The molecule has 1 aliphatic carbocycles. The van der Waals surface area contributed by atoms with E-state index in [0.717, 1.165) is 17.5 Å². The first kappa shape index (κ1) is 20.5. The van der Waals surface area contributed by atoms with E-state index in [9.17, 15) is 19.7 Å². The summed E-state index contributed by atoms with van der Waals surface area (Å²) >= 11 is 0. The summed E-state index contributed by atoms with van der Waals surface area (Å²) in [7, 11) is 1.51. The van der Waals surface area contributed by atoms with Gasteiger partial charge >= 0.3 is 11.8 Å². The normalized spacial score (nSPS) is 18.5. The average molecular weight is 422 g/mol. The summed E-state index contributed by atoms with van der Waals surface area (Å²) in [5.74, 6) is -1.46. The third-order valence-corrected chi connectivity index (χ3v) is 5.65. The van der Waals surface area contributed by atoms with Crippen LogP contribution in [0.25, 0.3) is 0 Å². The molecule has 1 N–H and O–H groups in total. The Kier molecular flexibility index (Phi) is 5.41. The number of nitrogens with zero attached hydrogens (tertiary/aromatic N) is 3. The van der Waals surface area contributed by atoms with Gasteiger partial charge in [-0.25, -0.2) is 14.3 Å². The van der Waals surface area contributed by atoms with Crippen LogP contribution in [0.15, 0.2) is 59.1 Å². The second-order valence-corrected chi connectivity index (χ2v) is 7.62. The lowest BCUT2D eigenvalue weighted by Gasteiger charge is -2.32. The van der Waals surface area contributed by atoms with Crippen LogP contribution in [0.2, 0.25) is 0 Å². The van der Waals surface area contributed by atoms with Gasteiger partial charge in [0.25, 0.3) is 0 Å². The lowest BCUT2D eigenvalue weighted by molar-refractivity contribution is -0.391. The van der Waals surface area contributed by atoms with Crippen LogP contribution in [-0.4, -0.2) is 26.2 Å². The molecule has 2 aliphatic rings. The maximum Gasteiger partial charge on any atom is 0.342 e. The topological polar surface area (TPSA) is 116 Å². The summed E-state index contributed by atoms with van der Waals surface area (Å²) in [6.45, 7) is 1.82. The second kappa shape index (κ2) is 8.17. The molecular formula is C22H22N4O5. The summed E-state index contributed by atoms with van der Waals surface area (Å²) < 4.78 is 6.88. The highest BCUT2D eigenvalue weighted by Crippen LogP contribution is 2.42. The average Bonchev–Trinajstić information content (AvgIpc) is 3.13. The third kappa shape index (κ3) is 3.74. The number of nitro groups is 1. The first-order valence-electron chi connectivity index (χ1n) is 9.99. The summed E-state index contributed by atoms with van der Waals surface area (Å²) in [6.07, 6.45) is 2.87. The van der Waals surface area contributed by atoms with Gasteiger partial charge in [-0.15, -0.1) is 0 Å². The molecular weight excluding hydrogens is 400 g/mol. The number of carbonyl (C=O) groups excluding carboxylic acids is 2. The fraction of sp³-hybridized carbons (Fsp3) is 0.318. The Morgan fingerprint density at radius 1 is 1.32 bits per heavy atom. The molecule has 0 saturated heterocycles. The lowest BCUT2D eigenvalue weighted by atomic mass is 9.78. The van der Waals surface area contributed by atoms with Crippen molar-refractivity contribution in [2.75, 3.05) is 0 Å². The first-order valence-corrected chi connectivity index (χ1v) is 9.99. The zero-order chi connectivity index (χ0) is 22.1. The van der Waals surface area contributed by atoms with Gasteiger partial charge in [-0.1, -0.05) is 30.3 Å². The van der Waals surface area contributed by atoms with Gasteiger partial charge in [-0.2, -0.15) is 0 Å². The molecule has 0 saturated carbocycles. The summed E-state index contributed by atoms with van der Waals surface area (Å²) in [4.78, 5) is 41.1. The molecule has 160 valence electrons. The number of imidazole rings is 1. The van der Waals surface area contributed by atoms with Crippen LogP contribution >= 0.6 is 0 Å². The SMILES string of the molecule is CC1=C(C(=O)OCc2ccccc2)C(c2ncc([N+](=O)[O-])n2C)C2=C(CCCC2=O)N1. The van der Waals surface area contributed by atoms with Gasteiger partial charge in [0.2, 0.25) is 5.82 Å². The van der Waals surface area contributed by atoms with Crippen molar-refractivity contribution < 1.29 is 19.2 Å². The standard InChI is InChI=1S/C22H22N4O5/c1-13-18(22(28)31-12-14-7-4-3-5-8-14)20(19-15(24-13)9-6-10-16(19)27)21-23-11-17(25(21)2)26(29)30/h3-5,7-8,11,20,24H,6,9-10,12H2,1-2H3. The largest absolute Gasteiger partial charge is 0.457 e. The van der Waals surface area contributed by atoms with Crippen molar-refractivity contribution in [3.8, 4) is 0 Å². The molecule has 0 amide bonds. The molecule has 0 bridgehead atoms. The number of nitrogens with one attached hydrogen (secondary N) is 1. The van der Waals surface area contributed by atoms with Gasteiger partial charge in [0.15, 0.2) is 5.78 Å². The molecule has 1 aromatic heterocycles. The minimum Gasteiger partial charge on any atom is -0.457 e. The number of dihydropyridines is 1. The Morgan fingerprint density at radius 2 is 2.06 bits per heavy atom. The number of hydrogen-bond donors (Lipinski definition) is 1. The number of benzene rings is 1. The van der Waals surface area contributed by atoms with Crippen molar-refractivity contribution in [1.29, 1.82) is 0 Å². The van der Waals surface area contributed by atoms with Crippen LogP contribution in [0.1, 0.15) is 43.5 Å². The monoisotopic (exact) mass is 422 g/mol. The van der Waals surface area contributed by atoms with Gasteiger partial charge in [0.1, 0.15) is 18.7 Å². The number of hydrogen-bond acceptors (Lipinski definition) is 7. The highest BCUT2D eigenvalue weighted by molar-refractivity contribution is 6.03. The molecule has 9 heteroatoms. The molecule has 0 radical (unpaired) electrons. The van der Waals surface area contributed by atoms with Crippen LogP contribution in [0, 0.1) is 10.1 Å². The number of rotatable bonds is 5. The molecule has 2 aromatic rings. The summed E-state index contributed by atoms with van der Waals surface area (Å²) in [5, 5.41) is 14.5. The van der Waals surface area contributed by atoms with Crippen LogP contribution in [-0.2, 0) is 28.0 Å². The minimum atomic E-state index is -0.828. The molecule has 1 aliphatic heterocycles. The quantitative estimate of drug-likeness (QED) is 0.447. The van der Waals surface area contributed by atoms with Gasteiger partial charge < -0.3 is 20.2 Å². The molecule has 1 atom stereocenters. The van der Waals surface area contributed by atoms with E-state index >= 15 is 0 Å². The fourth-order valence-corrected chi connectivity index (χ4v) is 4.17. The number of aromatic nitrogens is 2. The number of ether oxygens (including phenoxy) is 1.